The van der Waals surface area contributed by atoms with Crippen molar-refractivity contribution in [1.82, 2.24) is 9.88 Å². The molecule has 1 saturated heterocycles. The lowest BCUT2D eigenvalue weighted by Gasteiger charge is -2.15. The molecule has 2 N–H and O–H groups in total. The summed E-state index contributed by atoms with van der Waals surface area (Å²) in [5, 5.41) is 0.893. The Hall–Kier alpha value is -1.62. The van der Waals surface area contributed by atoms with Gasteiger partial charge in [-0.15, -0.1) is 11.3 Å². The second kappa shape index (κ2) is 4.74. The summed E-state index contributed by atoms with van der Waals surface area (Å²) < 4.78 is 0. The number of aromatic nitrogens is 1. The summed E-state index contributed by atoms with van der Waals surface area (Å²) in [5.41, 5.74) is 7.67. The Balaban J connectivity index is 1.98. The molecule has 2 aromatic rings. The number of aryl methyl sites for hydroxylation is 1. The van der Waals surface area contributed by atoms with E-state index in [2.05, 4.69) is 18.8 Å². The molecule has 1 aliphatic rings. The van der Waals surface area contributed by atoms with E-state index in [0.29, 0.717) is 22.4 Å². The zero-order chi connectivity index (χ0) is 14.4. The van der Waals surface area contributed by atoms with Crippen molar-refractivity contribution in [1.29, 1.82) is 0 Å². The van der Waals surface area contributed by atoms with Gasteiger partial charge in [-0.1, -0.05) is 13.8 Å². The molecule has 1 aliphatic heterocycles. The first kappa shape index (κ1) is 13.4. The van der Waals surface area contributed by atoms with E-state index < -0.39 is 0 Å². The standard InChI is InChI=1S/C15H19N3OS/c1-8-6-18(7-9(8)2)15(19)13-12(16)11-5-4-10(3)17-14(11)20-13/h4-5,8-9H,6-7,16H2,1-3H3. The summed E-state index contributed by atoms with van der Waals surface area (Å²) in [6.07, 6.45) is 0. The fourth-order valence-electron chi connectivity index (χ4n) is 2.69. The van der Waals surface area contributed by atoms with E-state index in [4.69, 9.17) is 5.73 Å². The van der Waals surface area contributed by atoms with Crippen LogP contribution in [0.5, 0.6) is 0 Å². The number of anilines is 1. The van der Waals surface area contributed by atoms with Crippen molar-refractivity contribution < 1.29 is 4.79 Å². The number of rotatable bonds is 1. The van der Waals surface area contributed by atoms with Gasteiger partial charge in [-0.05, 0) is 30.9 Å². The fourth-order valence-corrected chi connectivity index (χ4v) is 3.79. The topological polar surface area (TPSA) is 59.2 Å². The molecule has 0 aromatic carbocycles. The second-order valence-electron chi connectivity index (χ2n) is 5.81. The number of nitrogens with zero attached hydrogens (tertiary/aromatic N) is 2. The van der Waals surface area contributed by atoms with Crippen LogP contribution < -0.4 is 5.73 Å². The minimum absolute atomic E-state index is 0.0550. The zero-order valence-electron chi connectivity index (χ0n) is 12.0. The third kappa shape index (κ3) is 2.06. The van der Waals surface area contributed by atoms with Gasteiger partial charge in [-0.25, -0.2) is 4.98 Å². The number of thiophene rings is 1. The van der Waals surface area contributed by atoms with Crippen LogP contribution in [0.3, 0.4) is 0 Å². The van der Waals surface area contributed by atoms with Gasteiger partial charge in [0.25, 0.3) is 5.91 Å². The highest BCUT2D eigenvalue weighted by Crippen LogP contribution is 2.35. The number of carbonyl (C=O) groups excluding carboxylic acids is 1. The van der Waals surface area contributed by atoms with Crippen LogP contribution in [0.25, 0.3) is 10.2 Å². The molecule has 0 spiro atoms. The molecule has 3 rings (SSSR count). The molecule has 2 atom stereocenters. The van der Waals surface area contributed by atoms with Crippen molar-refractivity contribution in [3.8, 4) is 0 Å². The number of nitrogens with two attached hydrogens (primary N) is 1. The van der Waals surface area contributed by atoms with E-state index in [1.807, 2.05) is 24.0 Å². The predicted octanol–water partition coefficient (Wildman–Crippen LogP) is 2.91. The third-order valence-electron chi connectivity index (χ3n) is 4.20. The molecule has 1 amide bonds. The summed E-state index contributed by atoms with van der Waals surface area (Å²) in [7, 11) is 0. The molecule has 2 unspecified atom stereocenters. The number of carbonyl (C=O) groups is 1. The average molecular weight is 289 g/mol. The van der Waals surface area contributed by atoms with E-state index in [-0.39, 0.29) is 5.91 Å². The molecule has 0 bridgehead atoms. The van der Waals surface area contributed by atoms with Crippen LogP contribution in [-0.2, 0) is 0 Å². The lowest BCUT2D eigenvalue weighted by molar-refractivity contribution is 0.0791. The van der Waals surface area contributed by atoms with Crippen LogP contribution in [0, 0.1) is 18.8 Å². The lowest BCUT2D eigenvalue weighted by atomic mass is 10.0. The van der Waals surface area contributed by atoms with Crippen LogP contribution in [0.4, 0.5) is 5.69 Å². The van der Waals surface area contributed by atoms with Crippen molar-refractivity contribution in [3.63, 3.8) is 0 Å². The van der Waals surface area contributed by atoms with E-state index in [0.717, 1.165) is 29.0 Å². The first-order chi connectivity index (χ1) is 9.47. The molecule has 106 valence electrons. The van der Waals surface area contributed by atoms with Crippen LogP contribution in [0.1, 0.15) is 29.2 Å². The Morgan fingerprint density at radius 1 is 1.35 bits per heavy atom. The Morgan fingerprint density at radius 2 is 2.00 bits per heavy atom. The first-order valence-corrected chi connectivity index (χ1v) is 7.74. The highest BCUT2D eigenvalue weighted by molar-refractivity contribution is 7.21. The van der Waals surface area contributed by atoms with Gasteiger partial charge in [0.2, 0.25) is 0 Å². The Bertz CT molecular complexity index is 669. The van der Waals surface area contributed by atoms with Gasteiger partial charge in [-0.2, -0.15) is 0 Å². The van der Waals surface area contributed by atoms with Gasteiger partial charge in [-0.3, -0.25) is 4.79 Å². The number of amides is 1. The fraction of sp³-hybridized carbons (Fsp3) is 0.467. The van der Waals surface area contributed by atoms with Crippen LogP contribution in [-0.4, -0.2) is 28.9 Å². The normalized spacial score (nSPS) is 22.6. The molecule has 20 heavy (non-hydrogen) atoms. The molecular weight excluding hydrogens is 270 g/mol. The van der Waals surface area contributed by atoms with E-state index in [9.17, 15) is 4.79 Å². The maximum absolute atomic E-state index is 12.6. The molecule has 3 heterocycles. The number of fused-ring (bicyclic) bond motifs is 1. The van der Waals surface area contributed by atoms with Crippen LogP contribution in [0.15, 0.2) is 12.1 Å². The number of likely N-dealkylation sites (tertiary alicyclic amines) is 1. The highest BCUT2D eigenvalue weighted by Gasteiger charge is 2.31. The summed E-state index contributed by atoms with van der Waals surface area (Å²) in [6.45, 7) is 7.97. The van der Waals surface area contributed by atoms with Gasteiger partial charge in [0.15, 0.2) is 0 Å². The smallest absolute Gasteiger partial charge is 0.266 e. The summed E-state index contributed by atoms with van der Waals surface area (Å²) in [5.74, 6) is 1.16. The number of nitrogen functional groups attached to an aromatic ring is 1. The number of hydrogen-bond donors (Lipinski definition) is 1. The SMILES string of the molecule is Cc1ccc2c(N)c(C(=O)N3CC(C)C(C)C3)sc2n1. The Morgan fingerprint density at radius 3 is 2.65 bits per heavy atom. The van der Waals surface area contributed by atoms with Gasteiger partial charge in [0, 0.05) is 24.2 Å². The van der Waals surface area contributed by atoms with Gasteiger partial charge in [0.05, 0.1) is 5.69 Å². The minimum atomic E-state index is 0.0550. The predicted molar refractivity (Wildman–Crippen MR) is 83.0 cm³/mol. The quantitative estimate of drug-likeness (QED) is 0.878. The maximum Gasteiger partial charge on any atom is 0.266 e. The molecule has 0 radical (unpaired) electrons. The lowest BCUT2D eigenvalue weighted by Crippen LogP contribution is -2.28. The molecule has 4 nitrogen and oxygen atoms in total. The Labute approximate surface area is 122 Å². The summed E-state index contributed by atoms with van der Waals surface area (Å²) >= 11 is 1.41. The van der Waals surface area contributed by atoms with Crippen molar-refractivity contribution in [2.45, 2.75) is 20.8 Å². The summed E-state index contributed by atoms with van der Waals surface area (Å²) in [6, 6.07) is 3.88. The van der Waals surface area contributed by atoms with Gasteiger partial charge < -0.3 is 10.6 Å². The van der Waals surface area contributed by atoms with Crippen LogP contribution in [0.2, 0.25) is 0 Å². The van der Waals surface area contributed by atoms with Gasteiger partial charge in [0.1, 0.15) is 9.71 Å². The molecule has 0 aliphatic carbocycles. The van der Waals surface area contributed by atoms with Crippen molar-refractivity contribution in [2.24, 2.45) is 11.8 Å². The van der Waals surface area contributed by atoms with Crippen molar-refractivity contribution >= 4 is 33.1 Å². The van der Waals surface area contributed by atoms with E-state index in [1.165, 1.54) is 11.3 Å². The highest BCUT2D eigenvalue weighted by atomic mass is 32.1. The molecule has 5 heteroatoms. The first-order valence-electron chi connectivity index (χ1n) is 6.92. The monoisotopic (exact) mass is 289 g/mol. The molecule has 2 aromatic heterocycles. The zero-order valence-corrected chi connectivity index (χ0v) is 12.8. The number of hydrogen-bond acceptors (Lipinski definition) is 4. The van der Waals surface area contributed by atoms with E-state index >= 15 is 0 Å². The Kier molecular flexibility index (Phi) is 3.17. The maximum atomic E-state index is 12.6. The van der Waals surface area contributed by atoms with Crippen molar-refractivity contribution in [2.75, 3.05) is 18.8 Å². The third-order valence-corrected chi connectivity index (χ3v) is 5.31. The molecular formula is C15H19N3OS. The molecule has 1 fully saturated rings. The summed E-state index contributed by atoms with van der Waals surface area (Å²) in [4.78, 5) is 20.5. The van der Waals surface area contributed by atoms with Crippen LogP contribution >= 0.6 is 11.3 Å². The second-order valence-corrected chi connectivity index (χ2v) is 6.81. The minimum Gasteiger partial charge on any atom is -0.397 e. The largest absolute Gasteiger partial charge is 0.397 e. The average Bonchev–Trinajstić information content (AvgIpc) is 2.90. The van der Waals surface area contributed by atoms with E-state index in [1.54, 1.807) is 0 Å². The molecule has 0 saturated carbocycles. The van der Waals surface area contributed by atoms with Gasteiger partial charge >= 0.3 is 0 Å². The number of pyridine rings is 1. The van der Waals surface area contributed by atoms with Crippen molar-refractivity contribution in [3.05, 3.63) is 22.7 Å².